The normalized spacial score (nSPS) is 12.0. The highest BCUT2D eigenvalue weighted by Gasteiger charge is 2.20. The van der Waals surface area contributed by atoms with Gasteiger partial charge in [-0.15, -0.1) is 0 Å². The standard InChI is InChI=1S/C24H20ClFN2O5/c1-3-4-19-16(9-10-22(27-19)32-15-7-5-14(26)6-8-15)23-17-11-21(31-13(2)24(29)30)18(25)12-20(17)33-28-23/h5-13H,3-4H2,1-2H3,(H,29,30). The van der Waals surface area contributed by atoms with Gasteiger partial charge in [-0.2, -0.15) is 0 Å². The molecule has 1 atom stereocenters. The summed E-state index contributed by atoms with van der Waals surface area (Å²) in [6.45, 7) is 3.44. The highest BCUT2D eigenvalue weighted by Crippen LogP contribution is 2.37. The first kappa shape index (κ1) is 22.5. The molecule has 9 heteroatoms. The Balaban J connectivity index is 1.73. The van der Waals surface area contributed by atoms with Gasteiger partial charge in [-0.3, -0.25) is 0 Å². The Bertz CT molecular complexity index is 1310. The molecule has 4 rings (SSSR count). The molecule has 7 nitrogen and oxygen atoms in total. The van der Waals surface area contributed by atoms with E-state index in [9.17, 15) is 9.18 Å². The SMILES string of the molecule is CCCc1nc(Oc2ccc(F)cc2)ccc1-c1noc2cc(Cl)c(OC(C)C(=O)O)cc12. The van der Waals surface area contributed by atoms with E-state index in [1.165, 1.54) is 37.3 Å². The lowest BCUT2D eigenvalue weighted by atomic mass is 10.0. The van der Waals surface area contributed by atoms with E-state index in [1.54, 1.807) is 12.1 Å². The lowest BCUT2D eigenvalue weighted by molar-refractivity contribution is -0.144. The maximum absolute atomic E-state index is 13.2. The monoisotopic (exact) mass is 470 g/mol. The topological polar surface area (TPSA) is 94.7 Å². The molecule has 4 aromatic rings. The molecule has 0 saturated carbocycles. The fraction of sp³-hybridized carbons (Fsp3) is 0.208. The van der Waals surface area contributed by atoms with Crippen molar-refractivity contribution in [2.24, 2.45) is 0 Å². The first-order chi connectivity index (χ1) is 15.9. The van der Waals surface area contributed by atoms with Gasteiger partial charge in [0.15, 0.2) is 11.7 Å². The number of carboxylic acid groups (broad SMARTS) is 1. The van der Waals surface area contributed by atoms with Crippen LogP contribution in [0.5, 0.6) is 17.4 Å². The molecule has 170 valence electrons. The molecule has 0 fully saturated rings. The summed E-state index contributed by atoms with van der Waals surface area (Å²) >= 11 is 6.24. The molecule has 0 spiro atoms. The van der Waals surface area contributed by atoms with Gasteiger partial charge in [-0.1, -0.05) is 30.1 Å². The van der Waals surface area contributed by atoms with Crippen molar-refractivity contribution in [1.29, 1.82) is 0 Å². The zero-order chi connectivity index (χ0) is 23.5. The summed E-state index contributed by atoms with van der Waals surface area (Å²) in [7, 11) is 0. The number of fused-ring (bicyclic) bond motifs is 1. The number of aryl methyl sites for hydroxylation is 1. The number of hydrogen-bond acceptors (Lipinski definition) is 6. The van der Waals surface area contributed by atoms with E-state index in [0.717, 1.165) is 17.7 Å². The second-order valence-electron chi connectivity index (χ2n) is 7.36. The lowest BCUT2D eigenvalue weighted by Gasteiger charge is -2.12. The van der Waals surface area contributed by atoms with Crippen LogP contribution in [0.25, 0.3) is 22.2 Å². The van der Waals surface area contributed by atoms with Crippen molar-refractivity contribution in [2.45, 2.75) is 32.8 Å². The molecule has 0 radical (unpaired) electrons. The van der Waals surface area contributed by atoms with Crippen LogP contribution in [0.15, 0.2) is 53.1 Å². The molecule has 0 aliphatic heterocycles. The van der Waals surface area contributed by atoms with Crippen molar-refractivity contribution in [2.75, 3.05) is 0 Å². The van der Waals surface area contributed by atoms with Crippen LogP contribution in [-0.4, -0.2) is 27.3 Å². The number of pyridine rings is 1. The molecule has 2 aromatic carbocycles. The molecule has 2 aromatic heterocycles. The Hall–Kier alpha value is -3.65. The van der Waals surface area contributed by atoms with E-state index in [2.05, 4.69) is 10.1 Å². The van der Waals surface area contributed by atoms with E-state index in [-0.39, 0.29) is 16.6 Å². The highest BCUT2D eigenvalue weighted by molar-refractivity contribution is 6.32. The van der Waals surface area contributed by atoms with Crippen molar-refractivity contribution in [1.82, 2.24) is 10.1 Å². The number of rotatable bonds is 8. The van der Waals surface area contributed by atoms with Gasteiger partial charge in [-0.25, -0.2) is 14.2 Å². The summed E-state index contributed by atoms with van der Waals surface area (Å²) in [5.41, 5.74) is 2.43. The van der Waals surface area contributed by atoms with Gasteiger partial charge in [0.1, 0.15) is 23.0 Å². The second-order valence-corrected chi connectivity index (χ2v) is 7.77. The molecule has 33 heavy (non-hydrogen) atoms. The number of ether oxygens (including phenoxy) is 2. The van der Waals surface area contributed by atoms with Crippen LogP contribution in [0.4, 0.5) is 4.39 Å². The predicted octanol–water partition coefficient (Wildman–Crippen LogP) is 6.28. The fourth-order valence-electron chi connectivity index (χ4n) is 3.27. The molecule has 0 bridgehead atoms. The van der Waals surface area contributed by atoms with Crippen LogP contribution in [-0.2, 0) is 11.2 Å². The van der Waals surface area contributed by atoms with Crippen molar-refractivity contribution in [3.05, 3.63) is 65.1 Å². The number of aromatic nitrogens is 2. The number of carboxylic acids is 1. The van der Waals surface area contributed by atoms with Gasteiger partial charge >= 0.3 is 5.97 Å². The van der Waals surface area contributed by atoms with Gasteiger partial charge in [0, 0.05) is 17.7 Å². The zero-order valence-corrected chi connectivity index (χ0v) is 18.6. The summed E-state index contributed by atoms with van der Waals surface area (Å²) in [6, 6.07) is 12.3. The second kappa shape index (κ2) is 9.46. The molecule has 0 aliphatic carbocycles. The van der Waals surface area contributed by atoms with E-state index < -0.39 is 12.1 Å². The van der Waals surface area contributed by atoms with Crippen LogP contribution < -0.4 is 9.47 Å². The molecule has 0 saturated heterocycles. The van der Waals surface area contributed by atoms with Gasteiger partial charge < -0.3 is 19.1 Å². The largest absolute Gasteiger partial charge is 0.479 e. The summed E-state index contributed by atoms with van der Waals surface area (Å²) < 4.78 is 29.9. The first-order valence-electron chi connectivity index (χ1n) is 10.3. The van der Waals surface area contributed by atoms with Crippen molar-refractivity contribution >= 4 is 28.5 Å². The van der Waals surface area contributed by atoms with Crippen LogP contribution in [0.3, 0.4) is 0 Å². The molecular weight excluding hydrogens is 451 g/mol. The quantitative estimate of drug-likeness (QED) is 0.324. The van der Waals surface area contributed by atoms with E-state index in [4.69, 9.17) is 30.7 Å². The highest BCUT2D eigenvalue weighted by atomic mass is 35.5. The molecule has 0 aliphatic rings. The first-order valence-corrected chi connectivity index (χ1v) is 10.7. The third kappa shape index (κ3) is 4.90. The predicted molar refractivity (Wildman–Crippen MR) is 120 cm³/mol. The maximum Gasteiger partial charge on any atom is 0.344 e. The number of aliphatic carboxylic acids is 1. The van der Waals surface area contributed by atoms with Crippen LogP contribution in [0.1, 0.15) is 26.0 Å². The maximum atomic E-state index is 13.2. The van der Waals surface area contributed by atoms with Crippen molar-refractivity contribution in [3.63, 3.8) is 0 Å². The summed E-state index contributed by atoms with van der Waals surface area (Å²) in [5.74, 6) is -0.414. The number of benzene rings is 2. The van der Waals surface area contributed by atoms with Gasteiger partial charge in [0.25, 0.3) is 0 Å². The Morgan fingerprint density at radius 3 is 2.67 bits per heavy atom. The Morgan fingerprint density at radius 1 is 1.21 bits per heavy atom. The summed E-state index contributed by atoms with van der Waals surface area (Å²) in [4.78, 5) is 15.8. The third-order valence-corrected chi connectivity index (χ3v) is 5.20. The van der Waals surface area contributed by atoms with Gasteiger partial charge in [0.2, 0.25) is 5.88 Å². The molecule has 2 heterocycles. The van der Waals surface area contributed by atoms with Gasteiger partial charge in [-0.05, 0) is 49.7 Å². The lowest BCUT2D eigenvalue weighted by Crippen LogP contribution is -2.22. The van der Waals surface area contributed by atoms with E-state index in [0.29, 0.717) is 34.7 Å². The third-order valence-electron chi connectivity index (χ3n) is 4.90. The van der Waals surface area contributed by atoms with Crippen LogP contribution in [0.2, 0.25) is 5.02 Å². The summed E-state index contributed by atoms with van der Waals surface area (Å²) in [6.07, 6.45) is 0.395. The minimum atomic E-state index is -1.11. The van der Waals surface area contributed by atoms with Crippen molar-refractivity contribution < 1.29 is 28.3 Å². The van der Waals surface area contributed by atoms with E-state index >= 15 is 0 Å². The molecule has 1 N–H and O–H groups in total. The minimum Gasteiger partial charge on any atom is -0.479 e. The van der Waals surface area contributed by atoms with Gasteiger partial charge in [0.05, 0.1) is 16.1 Å². The Labute approximate surface area is 193 Å². The number of halogens is 2. The Kier molecular flexibility index (Phi) is 6.46. The van der Waals surface area contributed by atoms with E-state index in [1.807, 2.05) is 13.0 Å². The number of carbonyl (C=O) groups is 1. The molecule has 0 amide bonds. The molecular formula is C24H20ClFN2O5. The average molecular weight is 471 g/mol. The van der Waals surface area contributed by atoms with Crippen molar-refractivity contribution in [3.8, 4) is 28.6 Å². The number of hydrogen-bond donors (Lipinski definition) is 1. The smallest absolute Gasteiger partial charge is 0.344 e. The molecule has 1 unspecified atom stereocenters. The van der Waals surface area contributed by atoms with Crippen LogP contribution >= 0.6 is 11.6 Å². The van der Waals surface area contributed by atoms with Crippen LogP contribution in [0, 0.1) is 5.82 Å². The zero-order valence-electron chi connectivity index (χ0n) is 17.8. The Morgan fingerprint density at radius 2 is 1.97 bits per heavy atom. The summed E-state index contributed by atoms with van der Waals surface area (Å²) in [5, 5.41) is 14.2. The fourth-order valence-corrected chi connectivity index (χ4v) is 3.47. The average Bonchev–Trinajstić information content (AvgIpc) is 3.18. The number of nitrogens with zero attached hydrogens (tertiary/aromatic N) is 2. The minimum absolute atomic E-state index is 0.213.